The minimum absolute atomic E-state index is 0.0569. The van der Waals surface area contributed by atoms with E-state index in [9.17, 15) is 4.79 Å². The van der Waals surface area contributed by atoms with E-state index < -0.39 is 0 Å². The van der Waals surface area contributed by atoms with Crippen molar-refractivity contribution in [3.05, 3.63) is 52.5 Å². The number of rotatable bonds is 7. The minimum atomic E-state index is -0.114. The lowest BCUT2D eigenvalue weighted by Crippen LogP contribution is -2.44. The highest BCUT2D eigenvalue weighted by Gasteiger charge is 2.22. The van der Waals surface area contributed by atoms with Gasteiger partial charge in [-0.15, -0.1) is 0 Å². The summed E-state index contributed by atoms with van der Waals surface area (Å²) in [4.78, 5) is 22.1. The van der Waals surface area contributed by atoms with Crippen molar-refractivity contribution < 1.29 is 14.3 Å². The highest BCUT2D eigenvalue weighted by molar-refractivity contribution is 7.22. The number of carbonyl (C=O) groups excluding carboxylic acids is 1. The van der Waals surface area contributed by atoms with E-state index in [2.05, 4.69) is 30.9 Å². The van der Waals surface area contributed by atoms with E-state index in [1.165, 1.54) is 5.56 Å². The number of fused-ring (bicyclic) bond motifs is 1. The third kappa shape index (κ3) is 5.54. The number of halogens is 1. The number of morpholine rings is 1. The first-order valence-corrected chi connectivity index (χ1v) is 11.6. The molecule has 2 aromatic carbocycles. The van der Waals surface area contributed by atoms with Crippen molar-refractivity contribution in [1.29, 1.82) is 0 Å². The first-order chi connectivity index (χ1) is 15.0. The van der Waals surface area contributed by atoms with Crippen molar-refractivity contribution in [2.24, 2.45) is 0 Å². The van der Waals surface area contributed by atoms with E-state index in [0.717, 1.165) is 48.6 Å². The number of aromatic nitrogens is 1. The Morgan fingerprint density at radius 2 is 1.97 bits per heavy atom. The van der Waals surface area contributed by atoms with Crippen LogP contribution in [0.25, 0.3) is 10.2 Å². The van der Waals surface area contributed by atoms with E-state index in [1.807, 2.05) is 0 Å². The summed E-state index contributed by atoms with van der Waals surface area (Å²) < 4.78 is 12.3. The fraction of sp³-hybridized carbons (Fsp3) is 0.391. The molecule has 8 heteroatoms. The number of ether oxygens (including phenoxy) is 2. The third-order valence-corrected chi connectivity index (χ3v) is 6.55. The minimum Gasteiger partial charge on any atom is -0.484 e. The maximum Gasteiger partial charge on any atom is 0.266 e. The number of carbonyl (C=O) groups is 1. The summed E-state index contributed by atoms with van der Waals surface area (Å²) in [6, 6.07) is 11.3. The number of nitrogens with zero attached hydrogens (tertiary/aromatic N) is 3. The van der Waals surface area contributed by atoms with Gasteiger partial charge in [0.05, 0.1) is 23.4 Å². The molecule has 0 saturated carbocycles. The van der Waals surface area contributed by atoms with Gasteiger partial charge >= 0.3 is 0 Å². The molecule has 1 saturated heterocycles. The summed E-state index contributed by atoms with van der Waals surface area (Å²) in [5.74, 6) is 0.498. The van der Waals surface area contributed by atoms with Crippen LogP contribution in [0.5, 0.6) is 5.75 Å². The van der Waals surface area contributed by atoms with Gasteiger partial charge in [0.15, 0.2) is 11.7 Å². The average molecular weight is 460 g/mol. The van der Waals surface area contributed by atoms with Crippen LogP contribution in [0.4, 0.5) is 5.13 Å². The van der Waals surface area contributed by atoms with E-state index in [1.54, 1.807) is 40.5 Å². The van der Waals surface area contributed by atoms with Crippen molar-refractivity contribution in [1.82, 2.24) is 9.88 Å². The Morgan fingerprint density at radius 1 is 1.23 bits per heavy atom. The van der Waals surface area contributed by atoms with Crippen LogP contribution >= 0.6 is 22.9 Å². The van der Waals surface area contributed by atoms with Gasteiger partial charge in [-0.05, 0) is 55.3 Å². The monoisotopic (exact) mass is 459 g/mol. The van der Waals surface area contributed by atoms with Crippen molar-refractivity contribution in [3.8, 4) is 5.75 Å². The van der Waals surface area contributed by atoms with Crippen LogP contribution in [0.15, 0.2) is 36.4 Å². The van der Waals surface area contributed by atoms with Gasteiger partial charge in [-0.3, -0.25) is 14.6 Å². The molecule has 1 aliphatic heterocycles. The zero-order valence-electron chi connectivity index (χ0n) is 17.8. The number of benzene rings is 2. The zero-order valence-corrected chi connectivity index (χ0v) is 19.3. The molecule has 0 bridgehead atoms. The summed E-state index contributed by atoms with van der Waals surface area (Å²) in [6.45, 7) is 8.61. The number of thiazole rings is 1. The second kappa shape index (κ2) is 9.96. The molecule has 0 radical (unpaired) electrons. The van der Waals surface area contributed by atoms with Crippen molar-refractivity contribution in [2.75, 3.05) is 50.9 Å². The molecule has 1 fully saturated rings. The summed E-state index contributed by atoms with van der Waals surface area (Å²) in [7, 11) is 0. The molecule has 164 valence electrons. The summed E-state index contributed by atoms with van der Waals surface area (Å²) in [5.41, 5.74) is 3.27. The van der Waals surface area contributed by atoms with Crippen LogP contribution in [-0.4, -0.2) is 61.8 Å². The topological polar surface area (TPSA) is 54.9 Å². The Morgan fingerprint density at radius 3 is 2.71 bits per heavy atom. The lowest BCUT2D eigenvalue weighted by atomic mass is 10.1. The van der Waals surface area contributed by atoms with Gasteiger partial charge in [0, 0.05) is 31.2 Å². The van der Waals surface area contributed by atoms with Crippen LogP contribution in [-0.2, 0) is 9.53 Å². The molecule has 0 aliphatic carbocycles. The average Bonchev–Trinajstić information content (AvgIpc) is 3.18. The second-order valence-electron chi connectivity index (χ2n) is 7.67. The Bertz CT molecular complexity index is 1050. The molecule has 1 aliphatic rings. The van der Waals surface area contributed by atoms with Gasteiger partial charge in [-0.25, -0.2) is 4.98 Å². The van der Waals surface area contributed by atoms with Crippen LogP contribution in [0.3, 0.4) is 0 Å². The summed E-state index contributed by atoms with van der Waals surface area (Å²) >= 11 is 7.48. The van der Waals surface area contributed by atoms with Crippen LogP contribution in [0.1, 0.15) is 11.1 Å². The first-order valence-electron chi connectivity index (χ1n) is 10.4. The predicted octanol–water partition coefficient (Wildman–Crippen LogP) is 4.31. The largest absolute Gasteiger partial charge is 0.484 e. The first kappa shape index (κ1) is 22.0. The molecule has 0 atom stereocenters. The van der Waals surface area contributed by atoms with Crippen LogP contribution in [0, 0.1) is 13.8 Å². The number of aryl methyl sites for hydroxylation is 2. The van der Waals surface area contributed by atoms with Gasteiger partial charge in [0.25, 0.3) is 5.91 Å². The lowest BCUT2D eigenvalue weighted by molar-refractivity contribution is -0.120. The zero-order chi connectivity index (χ0) is 21.8. The molecule has 1 aromatic heterocycles. The van der Waals surface area contributed by atoms with Gasteiger partial charge < -0.3 is 9.47 Å². The Kier molecular flexibility index (Phi) is 7.07. The molecular weight excluding hydrogens is 434 g/mol. The highest BCUT2D eigenvalue weighted by Crippen LogP contribution is 2.32. The maximum atomic E-state index is 13.2. The molecular formula is C23H26ClN3O3S. The number of anilines is 1. The molecule has 0 unspecified atom stereocenters. The fourth-order valence-corrected chi connectivity index (χ4v) is 4.93. The van der Waals surface area contributed by atoms with E-state index in [0.29, 0.717) is 22.4 Å². The van der Waals surface area contributed by atoms with Gasteiger partial charge in [-0.1, -0.05) is 29.0 Å². The molecule has 0 spiro atoms. The second-order valence-corrected chi connectivity index (χ2v) is 9.11. The van der Waals surface area contributed by atoms with E-state index in [4.69, 9.17) is 26.1 Å². The molecule has 2 heterocycles. The third-order valence-electron chi connectivity index (χ3n) is 5.27. The van der Waals surface area contributed by atoms with Crippen molar-refractivity contribution in [3.63, 3.8) is 0 Å². The standard InChI is InChI=1S/C23H26ClN3O3S/c1-16-13-17(2)22-20(14-16)31-23(25-22)27(8-7-26-9-11-29-12-10-26)21(28)15-30-19-5-3-18(24)4-6-19/h3-6,13-14H,7-12,15H2,1-2H3. The Labute approximate surface area is 191 Å². The SMILES string of the molecule is Cc1cc(C)c2nc(N(CCN3CCOCC3)C(=O)COc3ccc(Cl)cc3)sc2c1. The Hall–Kier alpha value is -2.19. The number of hydrogen-bond donors (Lipinski definition) is 0. The maximum absolute atomic E-state index is 13.2. The molecule has 0 N–H and O–H groups in total. The fourth-order valence-electron chi connectivity index (χ4n) is 3.62. The van der Waals surface area contributed by atoms with E-state index >= 15 is 0 Å². The lowest BCUT2D eigenvalue weighted by Gasteiger charge is -2.29. The highest BCUT2D eigenvalue weighted by atomic mass is 35.5. The molecule has 31 heavy (non-hydrogen) atoms. The van der Waals surface area contributed by atoms with Crippen LogP contribution in [0.2, 0.25) is 5.02 Å². The molecule has 4 rings (SSSR count). The summed E-state index contributed by atoms with van der Waals surface area (Å²) in [6.07, 6.45) is 0. The number of amides is 1. The van der Waals surface area contributed by atoms with Gasteiger partial charge in [-0.2, -0.15) is 0 Å². The molecule has 1 amide bonds. The molecule has 6 nitrogen and oxygen atoms in total. The van der Waals surface area contributed by atoms with E-state index in [-0.39, 0.29) is 12.5 Å². The quantitative estimate of drug-likeness (QED) is 0.527. The predicted molar refractivity (Wildman–Crippen MR) is 126 cm³/mol. The van der Waals surface area contributed by atoms with Crippen molar-refractivity contribution in [2.45, 2.75) is 13.8 Å². The van der Waals surface area contributed by atoms with Crippen LogP contribution < -0.4 is 9.64 Å². The van der Waals surface area contributed by atoms with Gasteiger partial charge in [0.2, 0.25) is 0 Å². The summed E-state index contributed by atoms with van der Waals surface area (Å²) in [5, 5.41) is 1.34. The normalized spacial score (nSPS) is 14.7. The van der Waals surface area contributed by atoms with Gasteiger partial charge in [0.1, 0.15) is 5.75 Å². The van der Waals surface area contributed by atoms with Crippen molar-refractivity contribution >= 4 is 44.2 Å². The number of hydrogen-bond acceptors (Lipinski definition) is 6. The smallest absolute Gasteiger partial charge is 0.266 e. The molecule has 3 aromatic rings. The Balaban J connectivity index is 1.53.